The number of hydrogen-bond acceptors (Lipinski definition) is 2. The Balaban J connectivity index is 1.73. The van der Waals surface area contributed by atoms with Gasteiger partial charge >= 0.3 is 0 Å². The lowest BCUT2D eigenvalue weighted by Gasteiger charge is -2.31. The molecule has 0 N–H and O–H groups in total. The molecule has 1 fully saturated rings. The molecule has 0 spiro atoms. The topological polar surface area (TPSA) is 9.23 Å². The first-order chi connectivity index (χ1) is 12.1. The standard InChI is InChI=1S/C20H13Cl2FOS/c21-20(22)18-17(12-7-9-13(23)10-8-12)14-4-1-2-5-15(14)24-19(18,20)16-6-3-11-25-16/h1-11,17-18H/t17-,18-,19+/m0/s1. The van der Waals surface area contributed by atoms with Crippen LogP contribution in [0.15, 0.2) is 66.0 Å². The average Bonchev–Trinajstić information content (AvgIpc) is 2.99. The summed E-state index contributed by atoms with van der Waals surface area (Å²) in [5.41, 5.74) is 1.26. The molecule has 3 atom stereocenters. The van der Waals surface area contributed by atoms with Crippen LogP contribution in [-0.4, -0.2) is 4.33 Å². The molecule has 0 unspecified atom stereocenters. The van der Waals surface area contributed by atoms with Crippen molar-refractivity contribution in [1.82, 2.24) is 0 Å². The van der Waals surface area contributed by atoms with E-state index in [2.05, 4.69) is 0 Å². The van der Waals surface area contributed by atoms with Gasteiger partial charge in [0.2, 0.25) is 0 Å². The number of halogens is 3. The van der Waals surface area contributed by atoms with Crippen molar-refractivity contribution < 1.29 is 9.13 Å². The van der Waals surface area contributed by atoms with Crippen LogP contribution in [0.3, 0.4) is 0 Å². The van der Waals surface area contributed by atoms with Crippen LogP contribution >= 0.6 is 34.5 Å². The van der Waals surface area contributed by atoms with Gasteiger partial charge in [0, 0.05) is 11.5 Å². The Hall–Kier alpha value is -1.55. The molecule has 1 saturated carbocycles. The van der Waals surface area contributed by atoms with E-state index in [1.807, 2.05) is 53.9 Å². The minimum Gasteiger partial charge on any atom is -0.478 e. The minimum atomic E-state index is -1.05. The fourth-order valence-electron chi connectivity index (χ4n) is 4.06. The third-order valence-corrected chi connectivity index (χ3v) is 7.23. The van der Waals surface area contributed by atoms with Crippen molar-refractivity contribution in [3.63, 3.8) is 0 Å². The number of hydrogen-bond donors (Lipinski definition) is 0. The Bertz CT molecular complexity index is 939. The van der Waals surface area contributed by atoms with Gasteiger partial charge in [-0.05, 0) is 35.2 Å². The van der Waals surface area contributed by atoms with Gasteiger partial charge in [0.1, 0.15) is 11.6 Å². The van der Waals surface area contributed by atoms with Gasteiger partial charge in [-0.15, -0.1) is 11.3 Å². The Morgan fingerprint density at radius 1 is 0.960 bits per heavy atom. The number of para-hydroxylation sites is 1. The highest BCUT2D eigenvalue weighted by Crippen LogP contribution is 2.77. The molecule has 2 aromatic carbocycles. The molecule has 2 aliphatic rings. The number of ether oxygens (including phenoxy) is 1. The van der Waals surface area contributed by atoms with Crippen LogP contribution in [0.25, 0.3) is 0 Å². The van der Waals surface area contributed by atoms with Gasteiger partial charge in [0.25, 0.3) is 0 Å². The molecule has 0 bridgehead atoms. The number of fused-ring (bicyclic) bond motifs is 2. The lowest BCUT2D eigenvalue weighted by Crippen LogP contribution is -2.27. The first kappa shape index (κ1) is 15.7. The predicted molar refractivity (Wildman–Crippen MR) is 99.2 cm³/mol. The maximum absolute atomic E-state index is 13.4. The van der Waals surface area contributed by atoms with Crippen molar-refractivity contribution in [3.8, 4) is 5.75 Å². The van der Waals surface area contributed by atoms with E-state index in [9.17, 15) is 4.39 Å². The lowest BCUT2D eigenvalue weighted by molar-refractivity contribution is 0.141. The Morgan fingerprint density at radius 2 is 1.72 bits per heavy atom. The van der Waals surface area contributed by atoms with Crippen LogP contribution in [0, 0.1) is 11.7 Å². The highest BCUT2D eigenvalue weighted by atomic mass is 35.5. The van der Waals surface area contributed by atoms with Crippen LogP contribution in [0.1, 0.15) is 21.9 Å². The maximum atomic E-state index is 13.4. The maximum Gasteiger partial charge on any atom is 0.183 e. The van der Waals surface area contributed by atoms with Crippen molar-refractivity contribution >= 4 is 34.5 Å². The van der Waals surface area contributed by atoms with Crippen molar-refractivity contribution in [1.29, 1.82) is 0 Å². The summed E-state index contributed by atoms with van der Waals surface area (Å²) in [6.45, 7) is 0. The van der Waals surface area contributed by atoms with Crippen LogP contribution in [0.2, 0.25) is 0 Å². The fourth-order valence-corrected chi connectivity index (χ4v) is 6.11. The summed E-state index contributed by atoms with van der Waals surface area (Å²) in [5, 5.41) is 2.00. The Labute approximate surface area is 159 Å². The highest BCUT2D eigenvalue weighted by Gasteiger charge is 2.84. The molecule has 5 heteroatoms. The molecule has 1 aliphatic carbocycles. The predicted octanol–water partition coefficient (Wildman–Crippen LogP) is 6.11. The van der Waals surface area contributed by atoms with Crippen molar-refractivity contribution in [2.24, 2.45) is 5.92 Å². The number of alkyl halides is 2. The second kappa shape index (κ2) is 5.23. The summed E-state index contributed by atoms with van der Waals surface area (Å²) >= 11 is 15.2. The van der Waals surface area contributed by atoms with E-state index in [0.29, 0.717) is 0 Å². The summed E-state index contributed by atoms with van der Waals surface area (Å²) in [6, 6.07) is 18.5. The van der Waals surface area contributed by atoms with Crippen molar-refractivity contribution in [2.75, 3.05) is 0 Å². The van der Waals surface area contributed by atoms with E-state index >= 15 is 0 Å². The number of benzene rings is 2. The molecule has 0 radical (unpaired) electrons. The summed E-state index contributed by atoms with van der Waals surface area (Å²) in [7, 11) is 0. The van der Waals surface area contributed by atoms with E-state index in [-0.39, 0.29) is 17.7 Å². The molecule has 1 nitrogen and oxygen atoms in total. The van der Waals surface area contributed by atoms with Gasteiger partial charge in [-0.1, -0.05) is 59.6 Å². The Kier molecular flexibility index (Phi) is 3.28. The molecular formula is C20H13Cl2FOS. The average molecular weight is 391 g/mol. The first-order valence-electron chi connectivity index (χ1n) is 8.01. The number of rotatable bonds is 2. The normalized spacial score (nSPS) is 28.6. The van der Waals surface area contributed by atoms with Gasteiger partial charge in [-0.2, -0.15) is 0 Å². The van der Waals surface area contributed by atoms with Crippen molar-refractivity contribution in [2.45, 2.75) is 15.9 Å². The van der Waals surface area contributed by atoms with Gasteiger partial charge in [-0.25, -0.2) is 4.39 Å². The van der Waals surface area contributed by atoms with Crippen LogP contribution in [-0.2, 0) is 5.60 Å². The third-order valence-electron chi connectivity index (χ3n) is 5.22. The molecular weight excluding hydrogens is 378 g/mol. The molecule has 1 aromatic heterocycles. The van der Waals surface area contributed by atoms with Crippen LogP contribution in [0.4, 0.5) is 4.39 Å². The summed E-state index contributed by atoms with van der Waals surface area (Å²) in [6.07, 6.45) is 0. The quantitative estimate of drug-likeness (QED) is 0.479. The SMILES string of the molecule is Fc1ccc([C@H]2c3ccccc3O[C@]3(c4cccs4)[C@H]2C3(Cl)Cl)cc1. The largest absolute Gasteiger partial charge is 0.478 e. The first-order valence-corrected chi connectivity index (χ1v) is 9.64. The second-order valence-corrected chi connectivity index (χ2v) is 8.82. The summed E-state index contributed by atoms with van der Waals surface area (Å²) in [4.78, 5) is 1.02. The zero-order valence-electron chi connectivity index (χ0n) is 13.0. The van der Waals surface area contributed by atoms with E-state index in [0.717, 1.165) is 21.8 Å². The zero-order chi connectivity index (χ0) is 17.2. The molecule has 1 aliphatic heterocycles. The van der Waals surface area contributed by atoms with E-state index in [1.165, 1.54) is 12.1 Å². The molecule has 25 heavy (non-hydrogen) atoms. The van der Waals surface area contributed by atoms with Crippen LogP contribution < -0.4 is 4.74 Å². The van der Waals surface area contributed by atoms with E-state index in [1.54, 1.807) is 11.3 Å². The third kappa shape index (κ3) is 2.00. The molecule has 126 valence electrons. The van der Waals surface area contributed by atoms with Crippen LogP contribution in [0.5, 0.6) is 5.75 Å². The molecule has 3 aromatic rings. The van der Waals surface area contributed by atoms with Gasteiger partial charge in [-0.3, -0.25) is 0 Å². The second-order valence-electron chi connectivity index (χ2n) is 6.48. The van der Waals surface area contributed by atoms with Gasteiger partial charge in [0.05, 0.1) is 10.8 Å². The zero-order valence-corrected chi connectivity index (χ0v) is 15.3. The van der Waals surface area contributed by atoms with Crippen molar-refractivity contribution in [3.05, 3.63) is 87.9 Å². The minimum absolute atomic E-state index is 0.0531. The molecule has 5 rings (SSSR count). The summed E-state index contributed by atoms with van der Waals surface area (Å²) in [5.74, 6) is 0.335. The molecule has 0 saturated heterocycles. The van der Waals surface area contributed by atoms with Gasteiger partial charge in [0.15, 0.2) is 9.93 Å². The molecule has 2 heterocycles. The molecule has 0 amide bonds. The Morgan fingerprint density at radius 3 is 2.44 bits per heavy atom. The lowest BCUT2D eigenvalue weighted by atomic mass is 9.83. The number of thiophene rings is 1. The smallest absolute Gasteiger partial charge is 0.183 e. The highest BCUT2D eigenvalue weighted by molar-refractivity contribution is 7.10. The summed E-state index contributed by atoms with van der Waals surface area (Å²) < 4.78 is 18.8. The van der Waals surface area contributed by atoms with Gasteiger partial charge < -0.3 is 4.74 Å². The fraction of sp³-hybridized carbons (Fsp3) is 0.200. The monoisotopic (exact) mass is 390 g/mol. The van der Waals surface area contributed by atoms with E-state index in [4.69, 9.17) is 27.9 Å². The van der Waals surface area contributed by atoms with E-state index < -0.39 is 9.93 Å².